The van der Waals surface area contributed by atoms with Gasteiger partial charge in [0.1, 0.15) is 11.8 Å². The maximum atomic E-state index is 11.0. The Morgan fingerprint density at radius 1 is 1.67 bits per heavy atom. The Balaban J connectivity index is 3.31. The molecule has 0 aliphatic rings. The third-order valence-electron chi connectivity index (χ3n) is 1.53. The van der Waals surface area contributed by atoms with Gasteiger partial charge < -0.3 is 4.74 Å². The number of nitriles is 1. The standard InChI is InChI=1S/C8H5N3O4/c1-15-8(12)7-3-6(11(13)14)2-5(4-9)10-7/h2-3H,1H3. The monoisotopic (exact) mass is 207 g/mol. The maximum Gasteiger partial charge on any atom is 0.356 e. The smallest absolute Gasteiger partial charge is 0.356 e. The van der Waals surface area contributed by atoms with Gasteiger partial charge in [0.15, 0.2) is 5.69 Å². The molecule has 7 heteroatoms. The second kappa shape index (κ2) is 4.15. The van der Waals surface area contributed by atoms with Crippen molar-refractivity contribution in [3.8, 4) is 6.07 Å². The number of pyridine rings is 1. The van der Waals surface area contributed by atoms with Gasteiger partial charge in [-0.15, -0.1) is 0 Å². The number of hydrogen-bond donors (Lipinski definition) is 0. The number of ether oxygens (including phenoxy) is 1. The first-order valence-electron chi connectivity index (χ1n) is 3.73. The fourth-order valence-corrected chi connectivity index (χ4v) is 0.888. The molecule has 0 amide bonds. The number of nitro groups is 1. The molecule has 0 radical (unpaired) electrons. The van der Waals surface area contributed by atoms with Crippen LogP contribution in [0.1, 0.15) is 16.2 Å². The molecule has 0 atom stereocenters. The number of carbonyl (C=O) groups is 1. The van der Waals surface area contributed by atoms with Gasteiger partial charge in [-0.1, -0.05) is 0 Å². The largest absolute Gasteiger partial charge is 0.464 e. The third-order valence-corrected chi connectivity index (χ3v) is 1.53. The van der Waals surface area contributed by atoms with Gasteiger partial charge in [0.05, 0.1) is 18.1 Å². The van der Waals surface area contributed by atoms with Crippen LogP contribution in [0.15, 0.2) is 12.1 Å². The van der Waals surface area contributed by atoms with E-state index in [1.165, 1.54) is 0 Å². The second-order valence-electron chi connectivity index (χ2n) is 2.46. The summed E-state index contributed by atoms with van der Waals surface area (Å²) in [5, 5.41) is 19.0. The van der Waals surface area contributed by atoms with E-state index in [2.05, 4.69) is 9.72 Å². The predicted molar refractivity (Wildman–Crippen MR) is 46.9 cm³/mol. The number of carbonyl (C=O) groups excluding carboxylic acids is 1. The Hall–Kier alpha value is -2.49. The second-order valence-corrected chi connectivity index (χ2v) is 2.46. The van der Waals surface area contributed by atoms with Crippen LogP contribution in [0.4, 0.5) is 5.69 Å². The third kappa shape index (κ3) is 2.25. The van der Waals surface area contributed by atoms with Gasteiger partial charge in [-0.2, -0.15) is 5.26 Å². The summed E-state index contributed by atoms with van der Waals surface area (Å²) < 4.78 is 4.34. The average molecular weight is 207 g/mol. The molecule has 15 heavy (non-hydrogen) atoms. The lowest BCUT2D eigenvalue weighted by molar-refractivity contribution is -0.385. The molecule has 0 fully saturated rings. The van der Waals surface area contributed by atoms with E-state index in [0.29, 0.717) is 0 Å². The predicted octanol–water partition coefficient (Wildman–Crippen LogP) is 0.648. The van der Waals surface area contributed by atoms with Crippen LogP contribution in [-0.4, -0.2) is 23.0 Å². The molecule has 0 aliphatic heterocycles. The van der Waals surface area contributed by atoms with Crippen molar-refractivity contribution in [2.45, 2.75) is 0 Å². The highest BCUT2D eigenvalue weighted by molar-refractivity contribution is 5.88. The van der Waals surface area contributed by atoms with Crippen molar-refractivity contribution in [1.29, 1.82) is 5.26 Å². The van der Waals surface area contributed by atoms with Crippen molar-refractivity contribution in [1.82, 2.24) is 4.98 Å². The van der Waals surface area contributed by atoms with Gasteiger partial charge in [-0.25, -0.2) is 9.78 Å². The highest BCUT2D eigenvalue weighted by Crippen LogP contribution is 2.14. The summed E-state index contributed by atoms with van der Waals surface area (Å²) in [5.74, 6) is -0.824. The first-order valence-corrected chi connectivity index (χ1v) is 3.73. The van der Waals surface area contributed by atoms with Crippen LogP contribution < -0.4 is 0 Å². The fourth-order valence-electron chi connectivity index (χ4n) is 0.888. The number of esters is 1. The first-order chi connectivity index (χ1) is 7.08. The molecule has 0 aromatic carbocycles. The summed E-state index contributed by atoms with van der Waals surface area (Å²) in [5.41, 5.74) is -0.838. The van der Waals surface area contributed by atoms with Crippen molar-refractivity contribution in [2.75, 3.05) is 7.11 Å². The molecular weight excluding hydrogens is 202 g/mol. The van der Waals surface area contributed by atoms with E-state index in [9.17, 15) is 14.9 Å². The highest BCUT2D eigenvalue weighted by Gasteiger charge is 2.16. The number of nitrogens with zero attached hydrogens (tertiary/aromatic N) is 3. The Morgan fingerprint density at radius 3 is 2.80 bits per heavy atom. The van der Waals surface area contributed by atoms with E-state index < -0.39 is 10.9 Å². The van der Waals surface area contributed by atoms with Crippen molar-refractivity contribution >= 4 is 11.7 Å². The van der Waals surface area contributed by atoms with E-state index in [1.807, 2.05) is 0 Å². The molecule has 0 saturated carbocycles. The van der Waals surface area contributed by atoms with Crippen LogP contribution >= 0.6 is 0 Å². The van der Waals surface area contributed by atoms with Gasteiger partial charge in [0.2, 0.25) is 0 Å². The lowest BCUT2D eigenvalue weighted by Crippen LogP contribution is -2.06. The van der Waals surface area contributed by atoms with Crippen molar-refractivity contribution in [3.05, 3.63) is 33.6 Å². The van der Waals surface area contributed by atoms with Gasteiger partial charge >= 0.3 is 5.97 Å². The molecule has 0 saturated heterocycles. The van der Waals surface area contributed by atoms with Gasteiger partial charge in [0.25, 0.3) is 5.69 Å². The van der Waals surface area contributed by atoms with Crippen molar-refractivity contribution in [2.24, 2.45) is 0 Å². The molecule has 1 rings (SSSR count). The van der Waals surface area contributed by atoms with E-state index >= 15 is 0 Å². The number of methoxy groups -OCH3 is 1. The van der Waals surface area contributed by atoms with E-state index in [1.54, 1.807) is 6.07 Å². The van der Waals surface area contributed by atoms with Crippen molar-refractivity contribution < 1.29 is 14.5 Å². The Bertz CT molecular complexity index is 463. The minimum Gasteiger partial charge on any atom is -0.464 e. The lowest BCUT2D eigenvalue weighted by Gasteiger charge is -1.98. The fraction of sp³-hybridized carbons (Fsp3) is 0.125. The Morgan fingerprint density at radius 2 is 2.33 bits per heavy atom. The van der Waals surface area contributed by atoms with Gasteiger partial charge in [0, 0.05) is 6.07 Å². The normalized spacial score (nSPS) is 9.07. The van der Waals surface area contributed by atoms with E-state index in [-0.39, 0.29) is 17.1 Å². The first kappa shape index (κ1) is 10.6. The maximum absolute atomic E-state index is 11.0. The van der Waals surface area contributed by atoms with Crippen LogP contribution in [0.3, 0.4) is 0 Å². The SMILES string of the molecule is COC(=O)c1cc([N+](=O)[O-])cc(C#N)n1. The van der Waals surface area contributed by atoms with Crippen molar-refractivity contribution in [3.63, 3.8) is 0 Å². The molecule has 0 spiro atoms. The molecule has 0 N–H and O–H groups in total. The summed E-state index contributed by atoms with van der Waals surface area (Å²) >= 11 is 0. The number of hydrogen-bond acceptors (Lipinski definition) is 6. The zero-order valence-electron chi connectivity index (χ0n) is 7.63. The van der Waals surface area contributed by atoms with E-state index in [0.717, 1.165) is 19.2 Å². The molecule has 0 bridgehead atoms. The summed E-state index contributed by atoms with van der Waals surface area (Å²) in [6.07, 6.45) is 0. The molecular formula is C8H5N3O4. The van der Waals surface area contributed by atoms with Crippen LogP contribution in [0.25, 0.3) is 0 Å². The number of aromatic nitrogens is 1. The minimum absolute atomic E-state index is 0.204. The van der Waals surface area contributed by atoms with Crippen LogP contribution in [0.5, 0.6) is 0 Å². The summed E-state index contributed by atoms with van der Waals surface area (Å²) in [4.78, 5) is 24.3. The highest BCUT2D eigenvalue weighted by atomic mass is 16.6. The average Bonchev–Trinajstić information content (AvgIpc) is 2.27. The van der Waals surface area contributed by atoms with Crippen LogP contribution in [-0.2, 0) is 4.74 Å². The summed E-state index contributed by atoms with van der Waals surface area (Å²) in [6.45, 7) is 0. The molecule has 1 aromatic rings. The topological polar surface area (TPSA) is 106 Å². The molecule has 0 aliphatic carbocycles. The molecule has 7 nitrogen and oxygen atoms in total. The quantitative estimate of drug-likeness (QED) is 0.400. The zero-order chi connectivity index (χ0) is 11.4. The Labute approximate surface area is 84.1 Å². The summed E-state index contributed by atoms with van der Waals surface area (Å²) in [7, 11) is 1.12. The van der Waals surface area contributed by atoms with Gasteiger partial charge in [-0.3, -0.25) is 10.1 Å². The zero-order valence-corrected chi connectivity index (χ0v) is 7.63. The molecule has 1 aromatic heterocycles. The minimum atomic E-state index is -0.824. The number of rotatable bonds is 2. The van der Waals surface area contributed by atoms with Crippen LogP contribution in [0.2, 0.25) is 0 Å². The summed E-state index contributed by atoms with van der Waals surface area (Å²) in [6, 6.07) is 3.55. The van der Waals surface area contributed by atoms with Gasteiger partial charge in [-0.05, 0) is 0 Å². The molecule has 0 unspecified atom stereocenters. The molecule has 76 valence electrons. The van der Waals surface area contributed by atoms with E-state index in [4.69, 9.17) is 5.26 Å². The lowest BCUT2D eigenvalue weighted by atomic mass is 10.2. The Kier molecular flexibility index (Phi) is 2.93. The van der Waals surface area contributed by atoms with Crippen LogP contribution in [0, 0.1) is 21.4 Å². The molecule has 1 heterocycles.